The highest BCUT2D eigenvalue weighted by Gasteiger charge is 2.38. The van der Waals surface area contributed by atoms with Gasteiger partial charge < -0.3 is 9.32 Å². The summed E-state index contributed by atoms with van der Waals surface area (Å²) in [4.78, 5) is 19.8. The lowest BCUT2D eigenvalue weighted by Gasteiger charge is -2.36. The highest BCUT2D eigenvalue weighted by Crippen LogP contribution is 2.30. The lowest BCUT2D eigenvalue weighted by atomic mass is 9.91. The molecule has 0 radical (unpaired) electrons. The molecule has 0 aromatic carbocycles. The van der Waals surface area contributed by atoms with Gasteiger partial charge in [-0.3, -0.25) is 15.1 Å². The van der Waals surface area contributed by atoms with E-state index < -0.39 is 0 Å². The topological polar surface area (TPSA) is 54.7 Å². The van der Waals surface area contributed by atoms with E-state index in [9.17, 15) is 4.79 Å². The van der Waals surface area contributed by atoms with Crippen molar-refractivity contribution in [2.75, 3.05) is 13.1 Å². The summed E-state index contributed by atoms with van der Waals surface area (Å²) in [7, 11) is 0. The van der Waals surface area contributed by atoms with Gasteiger partial charge in [-0.15, -0.1) is 0 Å². The Hall–Kier alpha value is -1.75. The fourth-order valence-corrected chi connectivity index (χ4v) is 2.74. The number of hydrogen-bond donors (Lipinski definition) is 1. The first kappa shape index (κ1) is 12.3. The fourth-order valence-electron chi connectivity index (χ4n) is 2.74. The number of carbonyl (C=O) groups is 1. The summed E-state index contributed by atoms with van der Waals surface area (Å²) in [5.41, 5.74) is 3.22. The van der Waals surface area contributed by atoms with Gasteiger partial charge in [-0.2, -0.15) is 0 Å². The Morgan fingerprint density at radius 1 is 1.37 bits per heavy atom. The van der Waals surface area contributed by atoms with Crippen LogP contribution in [0.2, 0.25) is 0 Å². The Labute approximate surface area is 112 Å². The van der Waals surface area contributed by atoms with Crippen LogP contribution in [0.5, 0.6) is 0 Å². The van der Waals surface area contributed by atoms with Crippen LogP contribution in [0, 0.1) is 13.8 Å². The molecule has 0 aliphatic carbocycles. The molecule has 0 saturated carbocycles. The molecule has 5 heteroatoms. The third-order valence-electron chi connectivity index (χ3n) is 3.89. The Morgan fingerprint density at radius 2 is 2.11 bits per heavy atom. The molecule has 102 valence electrons. The van der Waals surface area contributed by atoms with E-state index in [0.717, 1.165) is 18.6 Å². The molecule has 0 unspecified atom stereocenters. The highest BCUT2D eigenvalue weighted by atomic mass is 16.7. The number of furan rings is 1. The van der Waals surface area contributed by atoms with Crippen molar-refractivity contribution in [3.05, 3.63) is 35.4 Å². The van der Waals surface area contributed by atoms with Crippen LogP contribution in [0.15, 0.2) is 22.8 Å². The van der Waals surface area contributed by atoms with E-state index in [2.05, 4.69) is 5.48 Å². The molecule has 1 saturated heterocycles. The third-order valence-corrected chi connectivity index (χ3v) is 3.89. The zero-order chi connectivity index (χ0) is 13.5. The van der Waals surface area contributed by atoms with Gasteiger partial charge in [-0.25, -0.2) is 0 Å². The van der Waals surface area contributed by atoms with E-state index in [-0.39, 0.29) is 11.5 Å². The van der Waals surface area contributed by atoms with Crippen LogP contribution in [-0.2, 0) is 4.84 Å². The quantitative estimate of drug-likeness (QED) is 0.840. The molecule has 0 atom stereocenters. The average Bonchev–Trinajstić information content (AvgIpc) is 2.97. The average molecular weight is 262 g/mol. The molecule has 1 aromatic rings. The van der Waals surface area contributed by atoms with Gasteiger partial charge in [0.2, 0.25) is 0 Å². The van der Waals surface area contributed by atoms with Gasteiger partial charge in [0.15, 0.2) is 0 Å². The van der Waals surface area contributed by atoms with E-state index in [4.69, 9.17) is 9.25 Å². The second-order valence-corrected chi connectivity index (χ2v) is 5.24. The van der Waals surface area contributed by atoms with Crippen molar-refractivity contribution in [2.24, 2.45) is 0 Å². The molecule has 5 nitrogen and oxygen atoms in total. The summed E-state index contributed by atoms with van der Waals surface area (Å²) >= 11 is 0. The Kier molecular flexibility index (Phi) is 2.86. The van der Waals surface area contributed by atoms with Crippen molar-refractivity contribution in [1.82, 2.24) is 10.4 Å². The van der Waals surface area contributed by atoms with Gasteiger partial charge in [0.1, 0.15) is 17.1 Å². The molecule has 0 bridgehead atoms. The normalized spacial score (nSPS) is 20.8. The molecule has 3 heterocycles. The molecular weight excluding hydrogens is 244 g/mol. The van der Waals surface area contributed by atoms with Gasteiger partial charge in [-0.05, 0) is 26.0 Å². The molecule has 2 aliphatic heterocycles. The molecule has 19 heavy (non-hydrogen) atoms. The maximum atomic E-state index is 12.4. The van der Waals surface area contributed by atoms with Crippen molar-refractivity contribution in [3.8, 4) is 0 Å². The number of piperidine rings is 1. The summed E-state index contributed by atoms with van der Waals surface area (Å²) in [6, 6.07) is 1.82. The molecule has 1 N–H and O–H groups in total. The van der Waals surface area contributed by atoms with Crippen LogP contribution in [-0.4, -0.2) is 29.5 Å². The second kappa shape index (κ2) is 4.42. The summed E-state index contributed by atoms with van der Waals surface area (Å²) in [6.45, 7) is 5.10. The Bertz CT molecular complexity index is 525. The minimum absolute atomic E-state index is 0.0548. The lowest BCUT2D eigenvalue weighted by molar-refractivity contribution is -0.0673. The van der Waals surface area contributed by atoms with E-state index in [0.29, 0.717) is 24.4 Å². The van der Waals surface area contributed by atoms with Gasteiger partial charge in [0.25, 0.3) is 5.91 Å². The summed E-state index contributed by atoms with van der Waals surface area (Å²) in [6.07, 6.45) is 5.50. The lowest BCUT2D eigenvalue weighted by Crippen LogP contribution is -2.46. The molecule has 1 fully saturated rings. The van der Waals surface area contributed by atoms with Crippen LogP contribution in [0.25, 0.3) is 0 Å². The Balaban J connectivity index is 1.70. The van der Waals surface area contributed by atoms with Crippen LogP contribution < -0.4 is 5.48 Å². The van der Waals surface area contributed by atoms with E-state index in [1.807, 2.05) is 37.1 Å². The Morgan fingerprint density at radius 3 is 2.63 bits per heavy atom. The number of amides is 1. The molecule has 1 aromatic heterocycles. The SMILES string of the molecule is Cc1cc(C(=O)N2CCC3(C=CNO3)CC2)c(C)o1. The van der Waals surface area contributed by atoms with Crippen molar-refractivity contribution in [1.29, 1.82) is 0 Å². The van der Waals surface area contributed by atoms with Crippen molar-refractivity contribution in [2.45, 2.75) is 32.3 Å². The van der Waals surface area contributed by atoms with Gasteiger partial charge in [0, 0.05) is 32.1 Å². The number of hydrogen-bond acceptors (Lipinski definition) is 4. The first-order valence-electron chi connectivity index (χ1n) is 6.57. The molecule has 1 spiro atoms. The van der Waals surface area contributed by atoms with E-state index in [1.165, 1.54) is 0 Å². The fraction of sp³-hybridized carbons (Fsp3) is 0.500. The van der Waals surface area contributed by atoms with Gasteiger partial charge in [0.05, 0.1) is 5.56 Å². The minimum atomic E-state index is -0.224. The molecule has 3 rings (SSSR count). The highest BCUT2D eigenvalue weighted by molar-refractivity contribution is 5.95. The maximum Gasteiger partial charge on any atom is 0.257 e. The predicted molar refractivity (Wildman–Crippen MR) is 69.4 cm³/mol. The largest absolute Gasteiger partial charge is 0.466 e. The molecule has 1 amide bonds. The van der Waals surface area contributed by atoms with E-state index >= 15 is 0 Å². The third kappa shape index (κ3) is 2.14. The second-order valence-electron chi connectivity index (χ2n) is 5.24. The van der Waals surface area contributed by atoms with Gasteiger partial charge in [-0.1, -0.05) is 0 Å². The standard InChI is InChI=1S/C14H18N2O3/c1-10-9-12(11(2)18-10)13(17)16-7-4-14(5-8-16)3-6-15-19-14/h3,6,9,15H,4-5,7-8H2,1-2H3. The number of aryl methyl sites for hydroxylation is 2. The van der Waals surface area contributed by atoms with Crippen molar-refractivity contribution < 1.29 is 14.0 Å². The number of rotatable bonds is 1. The zero-order valence-corrected chi connectivity index (χ0v) is 11.2. The number of carbonyl (C=O) groups excluding carboxylic acids is 1. The van der Waals surface area contributed by atoms with Gasteiger partial charge >= 0.3 is 0 Å². The first-order chi connectivity index (χ1) is 9.10. The van der Waals surface area contributed by atoms with Crippen molar-refractivity contribution >= 4 is 5.91 Å². The predicted octanol–water partition coefficient (Wildman–Crippen LogP) is 1.92. The van der Waals surface area contributed by atoms with Crippen LogP contribution in [0.4, 0.5) is 0 Å². The molecule has 2 aliphatic rings. The zero-order valence-electron chi connectivity index (χ0n) is 11.2. The van der Waals surface area contributed by atoms with Crippen LogP contribution in [0.3, 0.4) is 0 Å². The van der Waals surface area contributed by atoms with E-state index in [1.54, 1.807) is 0 Å². The van der Waals surface area contributed by atoms with Crippen LogP contribution in [0.1, 0.15) is 34.7 Å². The smallest absolute Gasteiger partial charge is 0.257 e. The summed E-state index contributed by atoms with van der Waals surface area (Å²) in [5, 5.41) is 0. The maximum absolute atomic E-state index is 12.4. The number of likely N-dealkylation sites (tertiary alicyclic amines) is 1. The summed E-state index contributed by atoms with van der Waals surface area (Å²) in [5.74, 6) is 1.53. The van der Waals surface area contributed by atoms with Crippen LogP contribution >= 0.6 is 0 Å². The molecular formula is C14H18N2O3. The monoisotopic (exact) mass is 262 g/mol. The summed E-state index contributed by atoms with van der Waals surface area (Å²) < 4.78 is 5.43. The first-order valence-corrected chi connectivity index (χ1v) is 6.57. The minimum Gasteiger partial charge on any atom is -0.466 e. The number of nitrogens with one attached hydrogen (secondary N) is 1. The van der Waals surface area contributed by atoms with Crippen molar-refractivity contribution in [3.63, 3.8) is 0 Å². The number of hydroxylamine groups is 1. The number of nitrogens with zero attached hydrogens (tertiary/aromatic N) is 1.